The molecule has 0 atom stereocenters. The number of amides is 1. The third kappa shape index (κ3) is 4.55. The van der Waals surface area contributed by atoms with Gasteiger partial charge in [-0.15, -0.1) is 0 Å². The van der Waals surface area contributed by atoms with E-state index in [0.29, 0.717) is 45.0 Å². The maximum absolute atomic E-state index is 13.2. The Hall–Kier alpha value is -3.61. The van der Waals surface area contributed by atoms with E-state index in [1.165, 1.54) is 21.2 Å². The Bertz CT molecular complexity index is 1370. The molecule has 0 saturated carbocycles. The van der Waals surface area contributed by atoms with Gasteiger partial charge in [-0.1, -0.05) is 54.3 Å². The van der Waals surface area contributed by atoms with Crippen molar-refractivity contribution in [2.75, 3.05) is 5.32 Å². The number of thiocarbonyl (C=S) groups is 1. The van der Waals surface area contributed by atoms with Gasteiger partial charge in [0.1, 0.15) is 27.5 Å². The lowest BCUT2D eigenvalue weighted by Gasteiger charge is -2.19. The van der Waals surface area contributed by atoms with E-state index in [1.807, 2.05) is 43.3 Å². The number of carbonyl (C=O) groups excluding carboxylic acids is 1. The number of thioether (sulfide) groups is 1. The van der Waals surface area contributed by atoms with Gasteiger partial charge in [-0.3, -0.25) is 19.1 Å². The average Bonchev–Trinajstić information content (AvgIpc) is 3.44. The summed E-state index contributed by atoms with van der Waals surface area (Å²) in [5.74, 6) is 0.946. The van der Waals surface area contributed by atoms with Crippen LogP contribution in [0.4, 0.5) is 5.82 Å². The second kappa shape index (κ2) is 10.1. The second-order valence-electron chi connectivity index (χ2n) is 7.61. The molecule has 1 aromatic carbocycles. The number of hydrogen-bond acceptors (Lipinski definition) is 7. The first-order valence-electron chi connectivity index (χ1n) is 10.7. The van der Waals surface area contributed by atoms with Crippen LogP contribution in [0, 0.1) is 18.3 Å². The standard InChI is InChI=1S/C25H22N4O3S2/c1-3-28-22(27-14-17-8-5-4-6-9-17)19(16(2)20(13-26)23(28)30)12-21-24(31)29(25(33)34-21)15-18-10-7-11-32-18/h4-12,27H,3,14-15H2,1-2H3/b21-12+. The smallest absolute Gasteiger partial charge is 0.270 e. The predicted molar refractivity (Wildman–Crippen MR) is 137 cm³/mol. The number of hydrogen-bond donors (Lipinski definition) is 1. The molecular formula is C25H22N4O3S2. The largest absolute Gasteiger partial charge is 0.467 e. The summed E-state index contributed by atoms with van der Waals surface area (Å²) in [5, 5.41) is 13.0. The number of rotatable bonds is 7. The van der Waals surface area contributed by atoms with Crippen LogP contribution >= 0.6 is 24.0 Å². The lowest BCUT2D eigenvalue weighted by Crippen LogP contribution is -2.28. The number of aromatic nitrogens is 1. The number of pyridine rings is 1. The Morgan fingerprint density at radius 2 is 1.97 bits per heavy atom. The van der Waals surface area contributed by atoms with Crippen LogP contribution in [0.5, 0.6) is 0 Å². The summed E-state index contributed by atoms with van der Waals surface area (Å²) < 4.78 is 7.32. The van der Waals surface area contributed by atoms with E-state index in [4.69, 9.17) is 16.6 Å². The van der Waals surface area contributed by atoms with Gasteiger partial charge in [0.05, 0.1) is 17.7 Å². The zero-order valence-electron chi connectivity index (χ0n) is 18.7. The van der Waals surface area contributed by atoms with Gasteiger partial charge >= 0.3 is 0 Å². The summed E-state index contributed by atoms with van der Waals surface area (Å²) >= 11 is 6.64. The maximum atomic E-state index is 13.2. The lowest BCUT2D eigenvalue weighted by atomic mass is 10.0. The minimum absolute atomic E-state index is 0.0597. The molecule has 0 aliphatic carbocycles. The van der Waals surface area contributed by atoms with E-state index < -0.39 is 0 Å². The fourth-order valence-corrected chi connectivity index (χ4v) is 5.00. The molecule has 9 heteroatoms. The summed E-state index contributed by atoms with van der Waals surface area (Å²) in [6, 6.07) is 15.4. The summed E-state index contributed by atoms with van der Waals surface area (Å²) in [4.78, 5) is 28.1. The highest BCUT2D eigenvalue weighted by Gasteiger charge is 2.33. The van der Waals surface area contributed by atoms with Gasteiger partial charge in [0.2, 0.25) is 0 Å². The Morgan fingerprint density at radius 1 is 1.21 bits per heavy atom. The molecule has 7 nitrogen and oxygen atoms in total. The molecule has 1 N–H and O–H groups in total. The first kappa shape index (κ1) is 23.5. The third-order valence-corrected chi connectivity index (χ3v) is 6.91. The van der Waals surface area contributed by atoms with Crippen molar-refractivity contribution in [2.24, 2.45) is 0 Å². The van der Waals surface area contributed by atoms with Crippen molar-refractivity contribution in [3.63, 3.8) is 0 Å². The summed E-state index contributed by atoms with van der Waals surface area (Å²) in [7, 11) is 0. The normalized spacial score (nSPS) is 14.6. The molecule has 1 fully saturated rings. The van der Waals surface area contributed by atoms with Crippen molar-refractivity contribution >= 4 is 46.1 Å². The van der Waals surface area contributed by atoms with E-state index in [9.17, 15) is 14.9 Å². The molecule has 0 radical (unpaired) electrons. The maximum Gasteiger partial charge on any atom is 0.270 e. The van der Waals surface area contributed by atoms with Gasteiger partial charge in [-0.05, 0) is 43.2 Å². The van der Waals surface area contributed by atoms with E-state index in [0.717, 1.165) is 5.56 Å². The highest BCUT2D eigenvalue weighted by Crippen LogP contribution is 2.36. The van der Waals surface area contributed by atoms with Gasteiger partial charge in [0, 0.05) is 18.7 Å². The Morgan fingerprint density at radius 3 is 2.62 bits per heavy atom. The number of carbonyl (C=O) groups is 1. The van der Waals surface area contributed by atoms with Gasteiger partial charge in [-0.25, -0.2) is 0 Å². The molecule has 0 unspecified atom stereocenters. The molecule has 4 rings (SSSR count). The van der Waals surface area contributed by atoms with Gasteiger partial charge < -0.3 is 9.73 Å². The van der Waals surface area contributed by atoms with Crippen molar-refractivity contribution in [3.05, 3.63) is 92.0 Å². The lowest BCUT2D eigenvalue weighted by molar-refractivity contribution is -0.122. The molecule has 172 valence electrons. The molecular weight excluding hydrogens is 468 g/mol. The molecule has 3 aromatic rings. The van der Waals surface area contributed by atoms with Crippen LogP contribution < -0.4 is 10.9 Å². The van der Waals surface area contributed by atoms with Gasteiger partial charge in [0.25, 0.3) is 11.5 Å². The topological polar surface area (TPSA) is 91.3 Å². The van der Waals surface area contributed by atoms with Crippen molar-refractivity contribution in [3.8, 4) is 6.07 Å². The minimum Gasteiger partial charge on any atom is -0.467 e. The molecule has 0 spiro atoms. The summed E-state index contributed by atoms with van der Waals surface area (Å²) in [6.07, 6.45) is 3.27. The van der Waals surface area contributed by atoms with Crippen molar-refractivity contribution in [2.45, 2.75) is 33.5 Å². The molecule has 1 aliphatic rings. The SMILES string of the molecule is CCn1c(NCc2ccccc2)c(/C=C2/SC(=S)N(Cc3ccco3)C2=O)c(C)c(C#N)c1=O. The monoisotopic (exact) mass is 490 g/mol. The zero-order valence-corrected chi connectivity index (χ0v) is 20.3. The number of nitrogens with zero attached hydrogens (tertiary/aromatic N) is 3. The van der Waals surface area contributed by atoms with E-state index in [1.54, 1.807) is 31.4 Å². The highest BCUT2D eigenvalue weighted by atomic mass is 32.2. The number of nitrogens with one attached hydrogen (secondary N) is 1. The number of nitriles is 1. The number of benzene rings is 1. The Balaban J connectivity index is 1.77. The molecule has 1 amide bonds. The molecule has 34 heavy (non-hydrogen) atoms. The van der Waals surface area contributed by atoms with Gasteiger partial charge in [0.15, 0.2) is 0 Å². The Labute approximate surface area is 206 Å². The molecule has 0 bridgehead atoms. The molecule has 1 aliphatic heterocycles. The molecule has 1 saturated heterocycles. The fraction of sp³-hybridized carbons (Fsp3) is 0.200. The predicted octanol–water partition coefficient (Wildman–Crippen LogP) is 4.65. The minimum atomic E-state index is -0.361. The van der Waals surface area contributed by atoms with Crippen molar-refractivity contribution in [1.82, 2.24) is 9.47 Å². The van der Waals surface area contributed by atoms with Crippen LogP contribution in [0.1, 0.15) is 34.9 Å². The van der Waals surface area contributed by atoms with Crippen LogP contribution in [-0.4, -0.2) is 19.7 Å². The molecule has 3 heterocycles. The number of anilines is 1. The second-order valence-corrected chi connectivity index (χ2v) is 9.29. The van der Waals surface area contributed by atoms with Crippen LogP contribution in [0.25, 0.3) is 6.08 Å². The molecule has 2 aromatic heterocycles. The first-order valence-corrected chi connectivity index (χ1v) is 11.9. The van der Waals surface area contributed by atoms with Crippen LogP contribution in [0.2, 0.25) is 0 Å². The Kier molecular flexibility index (Phi) is 7.01. The van der Waals surface area contributed by atoms with Gasteiger partial charge in [-0.2, -0.15) is 5.26 Å². The fourth-order valence-electron chi connectivity index (χ4n) is 3.76. The van der Waals surface area contributed by atoms with Crippen LogP contribution in [-0.2, 0) is 24.4 Å². The van der Waals surface area contributed by atoms with Crippen molar-refractivity contribution < 1.29 is 9.21 Å². The van der Waals surface area contributed by atoms with E-state index in [2.05, 4.69) is 5.32 Å². The zero-order chi connectivity index (χ0) is 24.2. The first-order chi connectivity index (χ1) is 16.4. The summed E-state index contributed by atoms with van der Waals surface area (Å²) in [5.41, 5.74) is 1.87. The van der Waals surface area contributed by atoms with E-state index in [-0.39, 0.29) is 23.6 Å². The highest BCUT2D eigenvalue weighted by molar-refractivity contribution is 8.26. The van der Waals surface area contributed by atoms with Crippen LogP contribution in [0.15, 0.2) is 62.8 Å². The van der Waals surface area contributed by atoms with E-state index >= 15 is 0 Å². The van der Waals surface area contributed by atoms with Crippen molar-refractivity contribution in [1.29, 1.82) is 5.26 Å². The number of furan rings is 1. The average molecular weight is 491 g/mol. The third-order valence-electron chi connectivity index (χ3n) is 5.54. The summed E-state index contributed by atoms with van der Waals surface area (Å²) in [6.45, 7) is 4.66. The quantitative estimate of drug-likeness (QED) is 0.381. The van der Waals surface area contributed by atoms with Crippen LogP contribution in [0.3, 0.4) is 0 Å².